The highest BCUT2D eigenvalue weighted by Crippen LogP contribution is 2.11. The van der Waals surface area contributed by atoms with Crippen LogP contribution in [-0.2, 0) is 11.2 Å². The maximum atomic E-state index is 11.5. The van der Waals surface area contributed by atoms with Gasteiger partial charge in [-0.05, 0) is 0 Å². The number of nitro groups is 1. The van der Waals surface area contributed by atoms with E-state index in [2.05, 4.69) is 20.7 Å². The third kappa shape index (κ3) is 4.13. The molecule has 2 aromatic rings. The molecule has 9 heteroatoms. The van der Waals surface area contributed by atoms with Crippen molar-refractivity contribution < 1.29 is 9.72 Å². The number of hydrogen-bond donors (Lipinski definition) is 3. The normalized spacial score (nSPS) is 10.7. The van der Waals surface area contributed by atoms with Crippen LogP contribution in [0.5, 0.6) is 0 Å². The maximum Gasteiger partial charge on any atom is 0.270 e. The van der Waals surface area contributed by atoms with Crippen molar-refractivity contribution in [3.8, 4) is 0 Å². The molecule has 0 aliphatic rings. The van der Waals surface area contributed by atoms with Crippen LogP contribution in [0, 0.1) is 10.1 Å². The van der Waals surface area contributed by atoms with E-state index in [1.165, 1.54) is 30.5 Å². The van der Waals surface area contributed by atoms with Gasteiger partial charge in [-0.25, -0.2) is 5.43 Å². The molecule has 0 fully saturated rings. The summed E-state index contributed by atoms with van der Waals surface area (Å²) < 4.78 is 0. The number of aromatic amines is 2. The van der Waals surface area contributed by atoms with Gasteiger partial charge in [-0.15, -0.1) is 0 Å². The van der Waals surface area contributed by atoms with Crippen LogP contribution in [0.25, 0.3) is 0 Å². The molecule has 0 radical (unpaired) electrons. The number of nitrogens with one attached hydrogen (secondary N) is 3. The van der Waals surface area contributed by atoms with Gasteiger partial charge in [0.1, 0.15) is 0 Å². The number of benzene rings is 1. The topological polar surface area (TPSA) is 133 Å². The van der Waals surface area contributed by atoms with Crippen molar-refractivity contribution in [2.75, 3.05) is 0 Å². The summed E-state index contributed by atoms with van der Waals surface area (Å²) >= 11 is 0. The Kier molecular flexibility index (Phi) is 4.24. The van der Waals surface area contributed by atoms with Crippen molar-refractivity contribution in [1.82, 2.24) is 15.6 Å². The Hall–Kier alpha value is -3.23. The van der Waals surface area contributed by atoms with E-state index < -0.39 is 10.8 Å². The van der Waals surface area contributed by atoms with Gasteiger partial charge in [-0.3, -0.25) is 24.8 Å². The van der Waals surface area contributed by atoms with Gasteiger partial charge in [0, 0.05) is 29.5 Å². The quantitative estimate of drug-likeness (QED) is 0.414. The second-order valence-corrected chi connectivity index (χ2v) is 4.11. The lowest BCUT2D eigenvalue weighted by molar-refractivity contribution is -0.384. The molecule has 1 amide bonds. The molecular weight excluding hydrogens is 278 g/mol. The minimum absolute atomic E-state index is 0.0367. The molecule has 0 aliphatic heterocycles. The first-order chi connectivity index (χ1) is 10.0. The molecule has 1 aromatic carbocycles. The van der Waals surface area contributed by atoms with E-state index in [1.807, 2.05) is 0 Å². The third-order valence-corrected chi connectivity index (χ3v) is 2.49. The van der Waals surface area contributed by atoms with Gasteiger partial charge >= 0.3 is 0 Å². The number of non-ortho nitro benzene ring substituents is 1. The summed E-state index contributed by atoms with van der Waals surface area (Å²) in [5, 5.41) is 19.1. The third-order valence-electron chi connectivity index (χ3n) is 2.49. The maximum absolute atomic E-state index is 11.5. The number of rotatable bonds is 5. The van der Waals surface area contributed by atoms with Crippen LogP contribution in [0.4, 0.5) is 5.69 Å². The van der Waals surface area contributed by atoms with E-state index in [1.54, 1.807) is 6.07 Å². The largest absolute Gasteiger partial charge is 0.302 e. The fourth-order valence-electron chi connectivity index (χ4n) is 1.58. The lowest BCUT2D eigenvalue weighted by Gasteiger charge is -1.97. The zero-order valence-electron chi connectivity index (χ0n) is 10.7. The lowest BCUT2D eigenvalue weighted by Crippen LogP contribution is -2.20. The molecule has 0 bridgehead atoms. The summed E-state index contributed by atoms with van der Waals surface area (Å²) in [6, 6.07) is 7.10. The Bertz CT molecular complexity index is 746. The molecule has 2 rings (SSSR count). The molecule has 21 heavy (non-hydrogen) atoms. The van der Waals surface area contributed by atoms with Crippen LogP contribution < -0.4 is 11.0 Å². The van der Waals surface area contributed by atoms with Gasteiger partial charge in [0.15, 0.2) is 0 Å². The Morgan fingerprint density at radius 2 is 2.19 bits per heavy atom. The minimum atomic E-state index is -0.516. The highest BCUT2D eigenvalue weighted by molar-refractivity contribution is 5.83. The highest BCUT2D eigenvalue weighted by atomic mass is 16.6. The summed E-state index contributed by atoms with van der Waals surface area (Å²) in [6.07, 6.45) is 1.26. The van der Waals surface area contributed by atoms with E-state index >= 15 is 0 Å². The van der Waals surface area contributed by atoms with E-state index in [4.69, 9.17) is 0 Å². The average molecular weight is 289 g/mol. The Labute approximate surface area is 117 Å². The van der Waals surface area contributed by atoms with Crippen molar-refractivity contribution in [1.29, 1.82) is 0 Å². The van der Waals surface area contributed by atoms with E-state index in [0.29, 0.717) is 11.3 Å². The zero-order chi connectivity index (χ0) is 15.2. The molecular formula is C12H11N5O4. The van der Waals surface area contributed by atoms with E-state index in [0.717, 1.165) is 0 Å². The van der Waals surface area contributed by atoms with Crippen LogP contribution in [0.2, 0.25) is 0 Å². The predicted octanol–water partition coefficient (Wildman–Crippen LogP) is 0.304. The fraction of sp³-hybridized carbons (Fsp3) is 0.0833. The second-order valence-electron chi connectivity index (χ2n) is 4.11. The van der Waals surface area contributed by atoms with Gasteiger partial charge in [-0.2, -0.15) is 5.10 Å². The van der Waals surface area contributed by atoms with Crippen LogP contribution in [0.3, 0.4) is 0 Å². The van der Waals surface area contributed by atoms with E-state index in [-0.39, 0.29) is 17.7 Å². The van der Waals surface area contributed by atoms with Crippen LogP contribution in [0.1, 0.15) is 11.3 Å². The number of carbonyl (C=O) groups is 1. The second kappa shape index (κ2) is 6.28. The minimum Gasteiger partial charge on any atom is -0.302 e. The molecule has 0 unspecified atom stereocenters. The van der Waals surface area contributed by atoms with Crippen LogP contribution >= 0.6 is 0 Å². The SMILES string of the molecule is O=C(Cc1cc(=O)[nH][nH]1)N/N=C/c1cccc([N+](=O)[O-])c1. The number of amides is 1. The molecule has 0 saturated carbocycles. The Morgan fingerprint density at radius 3 is 2.86 bits per heavy atom. The molecule has 108 valence electrons. The number of nitro benzene ring substituents is 1. The highest BCUT2D eigenvalue weighted by Gasteiger charge is 2.05. The van der Waals surface area contributed by atoms with Crippen LogP contribution in [-0.4, -0.2) is 27.2 Å². The van der Waals surface area contributed by atoms with Gasteiger partial charge < -0.3 is 5.10 Å². The molecule has 0 atom stereocenters. The molecule has 1 aromatic heterocycles. The van der Waals surface area contributed by atoms with Crippen molar-refractivity contribution >= 4 is 17.8 Å². The van der Waals surface area contributed by atoms with Gasteiger partial charge in [0.05, 0.1) is 17.6 Å². The first kappa shape index (κ1) is 14.2. The Balaban J connectivity index is 1.92. The molecule has 0 spiro atoms. The number of nitrogens with zero attached hydrogens (tertiary/aromatic N) is 2. The lowest BCUT2D eigenvalue weighted by atomic mass is 10.2. The van der Waals surface area contributed by atoms with Crippen molar-refractivity contribution in [3.05, 3.63) is 62.1 Å². The summed E-state index contributed by atoms with van der Waals surface area (Å²) in [7, 11) is 0. The van der Waals surface area contributed by atoms with Crippen LogP contribution in [0.15, 0.2) is 40.2 Å². The molecule has 3 N–H and O–H groups in total. The molecule has 0 aliphatic carbocycles. The van der Waals surface area contributed by atoms with Gasteiger partial charge in [0.2, 0.25) is 5.91 Å². The summed E-state index contributed by atoms with van der Waals surface area (Å²) in [6.45, 7) is 0. The van der Waals surface area contributed by atoms with Gasteiger partial charge in [0.25, 0.3) is 11.2 Å². The zero-order valence-corrected chi connectivity index (χ0v) is 10.7. The molecule has 9 nitrogen and oxygen atoms in total. The van der Waals surface area contributed by atoms with Crippen molar-refractivity contribution in [3.63, 3.8) is 0 Å². The van der Waals surface area contributed by atoms with Crippen molar-refractivity contribution in [2.24, 2.45) is 5.10 Å². The smallest absolute Gasteiger partial charge is 0.270 e. The number of hydrogen-bond acceptors (Lipinski definition) is 5. The number of aromatic nitrogens is 2. The predicted molar refractivity (Wildman–Crippen MR) is 74.0 cm³/mol. The first-order valence-corrected chi connectivity index (χ1v) is 5.87. The number of hydrazone groups is 1. The number of H-pyrrole nitrogens is 2. The monoisotopic (exact) mass is 289 g/mol. The standard InChI is InChI=1S/C12H11N5O4/c18-11(5-9-6-12(19)16-14-9)15-13-7-8-2-1-3-10(4-8)17(20)21/h1-4,6-7H,5H2,(H,15,18)(H2,14,16,19)/b13-7+. The molecule has 0 saturated heterocycles. The fourth-order valence-corrected chi connectivity index (χ4v) is 1.58. The summed E-state index contributed by atoms with van der Waals surface area (Å²) in [5.41, 5.74) is 2.80. The number of carbonyl (C=O) groups excluding carboxylic acids is 1. The van der Waals surface area contributed by atoms with Crippen molar-refractivity contribution in [2.45, 2.75) is 6.42 Å². The summed E-state index contributed by atoms with van der Waals surface area (Å²) in [5.74, 6) is -0.424. The average Bonchev–Trinajstić information content (AvgIpc) is 2.84. The van der Waals surface area contributed by atoms with E-state index in [9.17, 15) is 19.7 Å². The first-order valence-electron chi connectivity index (χ1n) is 5.87. The van der Waals surface area contributed by atoms with Gasteiger partial charge in [-0.1, -0.05) is 12.1 Å². The molecule has 1 heterocycles. The Morgan fingerprint density at radius 1 is 1.38 bits per heavy atom. The summed E-state index contributed by atoms with van der Waals surface area (Å²) in [4.78, 5) is 32.5.